The molecule has 4 heteroatoms. The number of rotatable bonds is 3. The van der Waals surface area contributed by atoms with Gasteiger partial charge in [-0.25, -0.2) is 4.79 Å². The number of hydrogen-bond acceptors (Lipinski definition) is 4. The number of Topliss-reactive ketones (excluding diaryl/α,β-unsaturated/α-hetero) is 2. The van der Waals surface area contributed by atoms with E-state index in [1.807, 2.05) is 0 Å². The number of allylic oxidation sites excluding steroid dienone is 1. The maximum atomic E-state index is 11.4. The number of carbonyl (C=O) groups is 3. The second kappa shape index (κ2) is 4.17. The van der Waals surface area contributed by atoms with Gasteiger partial charge in [0.1, 0.15) is 0 Å². The van der Waals surface area contributed by atoms with Gasteiger partial charge in [0.2, 0.25) is 0 Å². The van der Waals surface area contributed by atoms with Gasteiger partial charge in [-0.05, 0) is 25.3 Å². The normalized spacial score (nSPS) is 21.1. The Balaban J connectivity index is 2.66. The van der Waals surface area contributed by atoms with Crippen LogP contribution >= 0.6 is 0 Å². The van der Waals surface area contributed by atoms with E-state index in [-0.39, 0.29) is 12.4 Å². The van der Waals surface area contributed by atoms with E-state index in [1.165, 1.54) is 0 Å². The van der Waals surface area contributed by atoms with Gasteiger partial charge in [0, 0.05) is 0 Å². The Morgan fingerprint density at radius 2 is 2.21 bits per heavy atom. The molecule has 1 atom stereocenters. The summed E-state index contributed by atoms with van der Waals surface area (Å²) in [5.74, 6) is -2.82. The molecule has 76 valence electrons. The lowest BCUT2D eigenvalue weighted by Gasteiger charge is -2.04. The van der Waals surface area contributed by atoms with Crippen molar-refractivity contribution in [3.63, 3.8) is 0 Å². The Morgan fingerprint density at radius 3 is 2.64 bits per heavy atom. The van der Waals surface area contributed by atoms with Crippen LogP contribution in [0.4, 0.5) is 0 Å². The fraction of sp³-hybridized carbons (Fsp3) is 0.500. The topological polar surface area (TPSA) is 60.4 Å². The Labute approximate surface area is 81.9 Å². The van der Waals surface area contributed by atoms with E-state index in [0.717, 1.165) is 0 Å². The van der Waals surface area contributed by atoms with Gasteiger partial charge in [-0.3, -0.25) is 9.59 Å². The van der Waals surface area contributed by atoms with Crippen molar-refractivity contribution in [1.82, 2.24) is 0 Å². The summed E-state index contributed by atoms with van der Waals surface area (Å²) in [6.45, 7) is 5.28. The molecule has 1 aliphatic rings. The Morgan fingerprint density at radius 1 is 1.57 bits per heavy atom. The summed E-state index contributed by atoms with van der Waals surface area (Å²) in [5.41, 5.74) is 0.424. The molecule has 0 aromatic carbocycles. The standard InChI is InChI=1S/C10H12O4/c1-3-14-10(13)9(12)7-5-4-6(2)8(7)11/h7H,2-5H2,1H3. The van der Waals surface area contributed by atoms with Gasteiger partial charge >= 0.3 is 5.97 Å². The fourth-order valence-corrected chi connectivity index (χ4v) is 1.41. The maximum Gasteiger partial charge on any atom is 0.375 e. The van der Waals surface area contributed by atoms with Crippen LogP contribution in [0.25, 0.3) is 0 Å². The minimum Gasteiger partial charge on any atom is -0.460 e. The molecule has 0 N–H and O–H groups in total. The number of ketones is 2. The van der Waals surface area contributed by atoms with Crippen molar-refractivity contribution < 1.29 is 19.1 Å². The predicted octanol–water partition coefficient (Wildman–Crippen LogP) is 0.654. The second-order valence-corrected chi connectivity index (χ2v) is 3.14. The van der Waals surface area contributed by atoms with Gasteiger partial charge in [0.25, 0.3) is 5.78 Å². The third-order valence-corrected chi connectivity index (χ3v) is 2.19. The van der Waals surface area contributed by atoms with Crippen LogP contribution < -0.4 is 0 Å². The molecule has 0 radical (unpaired) electrons. The van der Waals surface area contributed by atoms with E-state index in [4.69, 9.17) is 0 Å². The first-order valence-corrected chi connectivity index (χ1v) is 4.50. The minimum atomic E-state index is -0.916. The molecule has 4 nitrogen and oxygen atoms in total. The van der Waals surface area contributed by atoms with Crippen LogP contribution in [0.2, 0.25) is 0 Å². The number of esters is 1. The van der Waals surface area contributed by atoms with Crippen molar-refractivity contribution in [3.8, 4) is 0 Å². The van der Waals surface area contributed by atoms with Crippen molar-refractivity contribution in [2.45, 2.75) is 19.8 Å². The van der Waals surface area contributed by atoms with Crippen LogP contribution in [-0.2, 0) is 19.1 Å². The van der Waals surface area contributed by atoms with Gasteiger partial charge in [-0.2, -0.15) is 0 Å². The second-order valence-electron chi connectivity index (χ2n) is 3.14. The fourth-order valence-electron chi connectivity index (χ4n) is 1.41. The van der Waals surface area contributed by atoms with Crippen molar-refractivity contribution in [2.75, 3.05) is 6.61 Å². The highest BCUT2D eigenvalue weighted by Crippen LogP contribution is 2.26. The molecule has 0 aromatic heterocycles. The van der Waals surface area contributed by atoms with Crippen molar-refractivity contribution in [2.24, 2.45) is 5.92 Å². The molecule has 1 saturated carbocycles. The highest BCUT2D eigenvalue weighted by Gasteiger charge is 2.37. The van der Waals surface area contributed by atoms with Crippen LogP contribution in [0.3, 0.4) is 0 Å². The van der Waals surface area contributed by atoms with Gasteiger partial charge in [-0.1, -0.05) is 6.58 Å². The predicted molar refractivity (Wildman–Crippen MR) is 48.5 cm³/mol. The smallest absolute Gasteiger partial charge is 0.375 e. The Bertz CT molecular complexity index is 303. The van der Waals surface area contributed by atoms with Crippen molar-refractivity contribution in [1.29, 1.82) is 0 Å². The van der Waals surface area contributed by atoms with Crippen LogP contribution in [0.15, 0.2) is 12.2 Å². The van der Waals surface area contributed by atoms with Gasteiger partial charge < -0.3 is 4.74 Å². The molecule has 1 aliphatic carbocycles. The van der Waals surface area contributed by atoms with Crippen molar-refractivity contribution in [3.05, 3.63) is 12.2 Å². The summed E-state index contributed by atoms with van der Waals surface area (Å²) < 4.78 is 4.53. The molecule has 0 amide bonds. The van der Waals surface area contributed by atoms with Crippen LogP contribution in [0, 0.1) is 5.92 Å². The summed E-state index contributed by atoms with van der Waals surface area (Å²) >= 11 is 0. The zero-order valence-corrected chi connectivity index (χ0v) is 8.04. The largest absolute Gasteiger partial charge is 0.460 e. The van der Waals surface area contributed by atoms with E-state index < -0.39 is 17.7 Å². The molecule has 1 fully saturated rings. The molecule has 14 heavy (non-hydrogen) atoms. The van der Waals surface area contributed by atoms with Gasteiger partial charge in [0.05, 0.1) is 12.5 Å². The first kappa shape index (κ1) is 10.6. The molecular weight excluding hydrogens is 184 g/mol. The summed E-state index contributed by atoms with van der Waals surface area (Å²) in [5, 5.41) is 0. The first-order chi connectivity index (χ1) is 6.57. The van der Waals surface area contributed by atoms with E-state index in [9.17, 15) is 14.4 Å². The molecule has 1 rings (SSSR count). The van der Waals surface area contributed by atoms with Gasteiger partial charge in [-0.15, -0.1) is 0 Å². The first-order valence-electron chi connectivity index (χ1n) is 4.50. The van der Waals surface area contributed by atoms with E-state index in [0.29, 0.717) is 18.4 Å². The van der Waals surface area contributed by atoms with Crippen LogP contribution in [0.1, 0.15) is 19.8 Å². The van der Waals surface area contributed by atoms with Crippen LogP contribution in [0.5, 0.6) is 0 Å². The average molecular weight is 196 g/mol. The monoisotopic (exact) mass is 196 g/mol. The summed E-state index contributed by atoms with van der Waals surface area (Å²) in [6.07, 6.45) is 0.879. The lowest BCUT2D eigenvalue weighted by atomic mass is 10.0. The highest BCUT2D eigenvalue weighted by atomic mass is 16.5. The van der Waals surface area contributed by atoms with Crippen molar-refractivity contribution >= 4 is 17.5 Å². The summed E-state index contributed by atoms with van der Waals surface area (Å²) in [7, 11) is 0. The molecule has 1 unspecified atom stereocenters. The molecule has 0 heterocycles. The average Bonchev–Trinajstić information content (AvgIpc) is 2.47. The minimum absolute atomic E-state index is 0.145. The van der Waals surface area contributed by atoms with Gasteiger partial charge in [0.15, 0.2) is 5.78 Å². The molecule has 0 spiro atoms. The zero-order chi connectivity index (χ0) is 10.7. The lowest BCUT2D eigenvalue weighted by Crippen LogP contribution is -2.28. The number of carbonyl (C=O) groups excluding carboxylic acids is 3. The SMILES string of the molecule is C=C1CCC(C(=O)C(=O)OCC)C1=O. The summed E-state index contributed by atoms with van der Waals surface area (Å²) in [6, 6.07) is 0. The van der Waals surface area contributed by atoms with Crippen LogP contribution in [-0.4, -0.2) is 24.1 Å². The van der Waals surface area contributed by atoms with E-state index >= 15 is 0 Å². The van der Waals surface area contributed by atoms with E-state index in [1.54, 1.807) is 6.92 Å². The number of ether oxygens (including phenoxy) is 1. The molecular formula is C10H12O4. The molecule has 0 aromatic rings. The Kier molecular flexibility index (Phi) is 3.17. The third kappa shape index (κ3) is 1.89. The molecule has 0 bridgehead atoms. The maximum absolute atomic E-state index is 11.4. The third-order valence-electron chi connectivity index (χ3n) is 2.19. The molecule has 0 saturated heterocycles. The quantitative estimate of drug-likeness (QED) is 0.288. The van der Waals surface area contributed by atoms with E-state index in [2.05, 4.69) is 11.3 Å². The Hall–Kier alpha value is -1.45. The lowest BCUT2D eigenvalue weighted by molar-refractivity contribution is -0.156. The molecule has 0 aliphatic heterocycles. The summed E-state index contributed by atoms with van der Waals surface area (Å²) in [4.78, 5) is 33.7. The highest BCUT2D eigenvalue weighted by molar-refractivity contribution is 6.39. The number of hydrogen-bond donors (Lipinski definition) is 0. The zero-order valence-electron chi connectivity index (χ0n) is 8.04.